The van der Waals surface area contributed by atoms with Crippen LogP contribution in [0.3, 0.4) is 0 Å². The lowest BCUT2D eigenvalue weighted by Crippen LogP contribution is -2.36. The average Bonchev–Trinajstić information content (AvgIpc) is 3.44. The first-order valence-corrected chi connectivity index (χ1v) is 12.6. The Morgan fingerprint density at radius 3 is 2.73 bits per heavy atom. The van der Waals surface area contributed by atoms with E-state index in [1.165, 1.54) is 5.56 Å². The van der Waals surface area contributed by atoms with Crippen LogP contribution >= 0.6 is 15.9 Å². The maximum absolute atomic E-state index is 12.7. The molecule has 0 radical (unpaired) electrons. The molecular weight excluding hydrogens is 534 g/mol. The maximum atomic E-state index is 12.7. The molecule has 1 fully saturated rings. The number of halogens is 1. The first-order valence-electron chi connectivity index (χ1n) is 11.9. The van der Waals surface area contributed by atoms with E-state index in [1.54, 1.807) is 25.4 Å². The van der Waals surface area contributed by atoms with Gasteiger partial charge < -0.3 is 24.7 Å². The van der Waals surface area contributed by atoms with Crippen LogP contribution in [0.4, 0.5) is 0 Å². The van der Waals surface area contributed by atoms with Gasteiger partial charge in [-0.05, 0) is 42.3 Å². The van der Waals surface area contributed by atoms with E-state index in [0.717, 1.165) is 34.2 Å². The predicted molar refractivity (Wildman–Crippen MR) is 148 cm³/mol. The second kappa shape index (κ2) is 11.9. The van der Waals surface area contributed by atoms with Crippen LogP contribution < -0.4 is 15.4 Å². The Morgan fingerprint density at radius 1 is 1.16 bits per heavy atom. The molecule has 2 aromatic carbocycles. The minimum atomic E-state index is -0.219. The second-order valence-corrected chi connectivity index (χ2v) is 9.90. The van der Waals surface area contributed by atoms with Crippen molar-refractivity contribution in [3.63, 3.8) is 0 Å². The van der Waals surface area contributed by atoms with Crippen molar-refractivity contribution in [2.75, 3.05) is 20.3 Å². The van der Waals surface area contributed by atoms with E-state index >= 15 is 0 Å². The lowest BCUT2D eigenvalue weighted by molar-refractivity contribution is 0.0933. The van der Waals surface area contributed by atoms with Crippen LogP contribution in [0.15, 0.2) is 65.3 Å². The number of hydrogen-bond donors (Lipinski definition) is 2. The lowest BCUT2D eigenvalue weighted by atomic mass is 10.1. The molecule has 3 heterocycles. The number of carbonyl (C=O) groups is 1. The summed E-state index contributed by atoms with van der Waals surface area (Å²) in [6.07, 6.45) is 3.14. The Kier molecular flexibility index (Phi) is 8.58. The van der Waals surface area contributed by atoms with Crippen LogP contribution in [0.25, 0.3) is 11.0 Å². The Morgan fingerprint density at radius 2 is 1.95 bits per heavy atom. The number of pyridine rings is 1. The molecule has 0 saturated carbocycles. The largest absolute Gasteiger partial charge is 0.457 e. The monoisotopic (exact) mass is 565 g/mol. The van der Waals surface area contributed by atoms with Crippen LogP contribution in [-0.2, 0) is 18.2 Å². The number of aryl methyl sites for hydroxylation is 1. The third-order valence-corrected chi connectivity index (χ3v) is 6.87. The molecular formula is C28H32BrN5O3. The van der Waals surface area contributed by atoms with E-state index in [9.17, 15) is 4.79 Å². The summed E-state index contributed by atoms with van der Waals surface area (Å²) in [6, 6.07) is 17.8. The highest BCUT2D eigenvalue weighted by Gasteiger charge is 2.26. The van der Waals surface area contributed by atoms with Crippen molar-refractivity contribution in [1.29, 1.82) is 0 Å². The molecule has 5 rings (SSSR count). The summed E-state index contributed by atoms with van der Waals surface area (Å²) in [5.74, 6) is 1.95. The number of amides is 1. The minimum absolute atomic E-state index is 0. The fourth-order valence-electron chi connectivity index (χ4n) is 4.49. The number of imidazole rings is 1. The molecule has 1 aliphatic rings. The summed E-state index contributed by atoms with van der Waals surface area (Å²) in [5, 5.41) is 6.39. The number of carbonyl (C=O) groups excluding carboxylic acids is 1. The summed E-state index contributed by atoms with van der Waals surface area (Å²) in [4.78, 5) is 21.8. The molecule has 9 heteroatoms. The SMILES string of the molecule is C.COC[C@H]1C[C@@H](NC(=O)c2cc(Oc3ccc4c(c3)nc(Cc3ccc(Br)cc3)n4C)ccn2)CN1. The number of fused-ring (bicyclic) bond motifs is 1. The topological polar surface area (TPSA) is 90.3 Å². The average molecular weight is 567 g/mol. The van der Waals surface area contributed by atoms with Gasteiger partial charge in [0.25, 0.3) is 5.91 Å². The quantitative estimate of drug-likeness (QED) is 0.317. The number of nitrogens with one attached hydrogen (secondary N) is 2. The highest BCUT2D eigenvalue weighted by atomic mass is 79.9. The Labute approximate surface area is 225 Å². The zero-order chi connectivity index (χ0) is 25.1. The van der Waals surface area contributed by atoms with Gasteiger partial charge in [0, 0.05) is 62.0 Å². The third kappa shape index (κ3) is 6.36. The zero-order valence-electron chi connectivity index (χ0n) is 20.2. The van der Waals surface area contributed by atoms with Gasteiger partial charge in [-0.3, -0.25) is 9.78 Å². The summed E-state index contributed by atoms with van der Waals surface area (Å²) in [5.41, 5.74) is 3.39. The molecule has 4 aromatic rings. The van der Waals surface area contributed by atoms with E-state index in [1.807, 2.05) is 37.4 Å². The number of rotatable bonds is 8. The fourth-order valence-corrected chi connectivity index (χ4v) is 4.75. The molecule has 37 heavy (non-hydrogen) atoms. The van der Waals surface area contributed by atoms with Crippen molar-refractivity contribution in [1.82, 2.24) is 25.2 Å². The van der Waals surface area contributed by atoms with Gasteiger partial charge in [0.2, 0.25) is 0 Å². The molecule has 0 spiro atoms. The molecule has 0 unspecified atom stereocenters. The molecule has 1 amide bonds. The van der Waals surface area contributed by atoms with Crippen molar-refractivity contribution in [3.8, 4) is 11.5 Å². The molecule has 194 valence electrons. The van der Waals surface area contributed by atoms with Gasteiger partial charge in [-0.25, -0.2) is 4.98 Å². The zero-order valence-corrected chi connectivity index (χ0v) is 21.8. The summed E-state index contributed by atoms with van der Waals surface area (Å²) in [6.45, 7) is 1.34. The van der Waals surface area contributed by atoms with Gasteiger partial charge in [0.1, 0.15) is 23.0 Å². The van der Waals surface area contributed by atoms with Crippen LogP contribution in [-0.4, -0.2) is 52.8 Å². The maximum Gasteiger partial charge on any atom is 0.270 e. The Hall–Kier alpha value is -3.27. The van der Waals surface area contributed by atoms with E-state index in [-0.39, 0.29) is 25.4 Å². The molecule has 0 aliphatic carbocycles. The fraction of sp³-hybridized carbons (Fsp3) is 0.321. The smallest absolute Gasteiger partial charge is 0.270 e. The number of ether oxygens (including phenoxy) is 2. The highest BCUT2D eigenvalue weighted by Crippen LogP contribution is 2.27. The first kappa shape index (κ1) is 26.8. The van der Waals surface area contributed by atoms with Crippen LogP contribution in [0, 0.1) is 0 Å². The van der Waals surface area contributed by atoms with E-state index in [4.69, 9.17) is 14.5 Å². The number of nitrogens with zero attached hydrogens (tertiary/aromatic N) is 3. The molecule has 2 aromatic heterocycles. The summed E-state index contributed by atoms with van der Waals surface area (Å²) >= 11 is 3.48. The van der Waals surface area contributed by atoms with Crippen LogP contribution in [0.1, 0.15) is 35.7 Å². The van der Waals surface area contributed by atoms with Crippen molar-refractivity contribution < 1.29 is 14.3 Å². The first-order chi connectivity index (χ1) is 17.5. The van der Waals surface area contributed by atoms with Gasteiger partial charge in [0.05, 0.1) is 17.6 Å². The van der Waals surface area contributed by atoms with Gasteiger partial charge >= 0.3 is 0 Å². The van der Waals surface area contributed by atoms with Gasteiger partial charge in [-0.15, -0.1) is 0 Å². The van der Waals surface area contributed by atoms with Crippen molar-refractivity contribution in [2.24, 2.45) is 7.05 Å². The normalized spacial score (nSPS) is 16.9. The molecule has 0 bridgehead atoms. The Bertz CT molecular complexity index is 1370. The summed E-state index contributed by atoms with van der Waals surface area (Å²) < 4.78 is 14.4. The molecule has 1 aliphatic heterocycles. The number of hydrogen-bond acceptors (Lipinski definition) is 6. The van der Waals surface area contributed by atoms with Gasteiger partial charge in [-0.1, -0.05) is 35.5 Å². The van der Waals surface area contributed by atoms with Crippen LogP contribution in [0.2, 0.25) is 0 Å². The number of benzene rings is 2. The molecule has 1 saturated heterocycles. The van der Waals surface area contributed by atoms with Gasteiger partial charge in [-0.2, -0.15) is 0 Å². The van der Waals surface area contributed by atoms with E-state index in [2.05, 4.69) is 48.2 Å². The van der Waals surface area contributed by atoms with E-state index < -0.39 is 0 Å². The standard InChI is InChI=1S/C27H28BrN5O3.CH4/c1-33-25-8-7-21(13-23(25)32-26(33)11-17-3-5-18(28)6-4-17)36-22-9-10-29-24(14-22)27(34)31-19-12-20(16-35-2)30-15-19;/h3-10,13-14,19-20,30H,11-12,15-16H2,1-2H3,(H,31,34);1H4/t19-,20-;/m1./s1. The van der Waals surface area contributed by atoms with E-state index in [0.29, 0.717) is 30.3 Å². The van der Waals surface area contributed by atoms with Crippen molar-refractivity contribution >= 4 is 32.9 Å². The molecule has 2 atom stereocenters. The molecule has 2 N–H and O–H groups in total. The van der Waals surface area contributed by atoms with Crippen molar-refractivity contribution in [2.45, 2.75) is 32.4 Å². The third-order valence-electron chi connectivity index (χ3n) is 6.35. The predicted octanol–water partition coefficient (Wildman–Crippen LogP) is 4.86. The van der Waals surface area contributed by atoms with Gasteiger partial charge in [0.15, 0.2) is 0 Å². The number of aromatic nitrogens is 3. The lowest BCUT2D eigenvalue weighted by Gasteiger charge is -2.12. The molecule has 8 nitrogen and oxygen atoms in total. The second-order valence-electron chi connectivity index (χ2n) is 8.99. The summed E-state index contributed by atoms with van der Waals surface area (Å²) in [7, 11) is 3.70. The minimum Gasteiger partial charge on any atom is -0.457 e. The number of methoxy groups -OCH3 is 1. The van der Waals surface area contributed by atoms with Crippen LogP contribution in [0.5, 0.6) is 11.5 Å². The Balaban J connectivity index is 0.00000320. The highest BCUT2D eigenvalue weighted by molar-refractivity contribution is 9.10. The van der Waals surface area contributed by atoms with Crippen molar-refractivity contribution in [3.05, 3.63) is 82.3 Å².